The Kier molecular flexibility index (Phi) is 3.62. The molecule has 0 bridgehead atoms. The molecule has 0 saturated carbocycles. The number of anilines is 1. The molecule has 0 aliphatic carbocycles. The van der Waals surface area contributed by atoms with Crippen molar-refractivity contribution in [2.45, 2.75) is 32.4 Å². The van der Waals surface area contributed by atoms with Crippen molar-refractivity contribution in [2.24, 2.45) is 0 Å². The van der Waals surface area contributed by atoms with E-state index in [0.717, 1.165) is 11.3 Å². The molecule has 0 aliphatic heterocycles. The highest BCUT2D eigenvalue weighted by atomic mass is 16.3. The van der Waals surface area contributed by atoms with E-state index in [0.29, 0.717) is 12.1 Å². The Morgan fingerprint density at radius 2 is 2.11 bits per heavy atom. The lowest BCUT2D eigenvalue weighted by Crippen LogP contribution is -2.09. The molecule has 2 heterocycles. The number of nitrogen functional groups attached to an aromatic ring is 1. The van der Waals surface area contributed by atoms with Crippen molar-refractivity contribution in [1.29, 1.82) is 0 Å². The molecule has 3 N–H and O–H groups in total. The van der Waals surface area contributed by atoms with E-state index in [4.69, 9.17) is 5.73 Å². The molecule has 0 aliphatic rings. The van der Waals surface area contributed by atoms with Gasteiger partial charge in [-0.3, -0.25) is 9.67 Å². The largest absolute Gasteiger partial charge is 0.396 e. The molecule has 2 aromatic heterocycles. The molecule has 5 heteroatoms. The van der Waals surface area contributed by atoms with Crippen LogP contribution in [0, 0.1) is 0 Å². The molecule has 2 unspecified atom stereocenters. The fourth-order valence-electron chi connectivity index (χ4n) is 1.82. The first-order chi connectivity index (χ1) is 8.56. The van der Waals surface area contributed by atoms with Crippen molar-refractivity contribution < 1.29 is 5.11 Å². The van der Waals surface area contributed by atoms with Gasteiger partial charge in [-0.2, -0.15) is 5.10 Å². The van der Waals surface area contributed by atoms with Crippen molar-refractivity contribution in [3.63, 3.8) is 0 Å². The first-order valence-electron chi connectivity index (χ1n) is 5.99. The second kappa shape index (κ2) is 5.18. The van der Waals surface area contributed by atoms with Crippen molar-refractivity contribution in [3.05, 3.63) is 42.0 Å². The summed E-state index contributed by atoms with van der Waals surface area (Å²) in [5, 5.41) is 13.5. The average molecular weight is 246 g/mol. The Hall–Kier alpha value is -1.88. The van der Waals surface area contributed by atoms with Crippen LogP contribution >= 0.6 is 0 Å². The van der Waals surface area contributed by atoms with Crippen LogP contribution in [0.15, 0.2) is 30.7 Å². The zero-order chi connectivity index (χ0) is 13.1. The normalized spacial score (nSPS) is 14.4. The highest BCUT2D eigenvalue weighted by Crippen LogP contribution is 2.17. The van der Waals surface area contributed by atoms with E-state index in [9.17, 15) is 5.11 Å². The molecule has 5 nitrogen and oxygen atoms in total. The fourth-order valence-corrected chi connectivity index (χ4v) is 1.82. The molecular weight excluding hydrogens is 228 g/mol. The summed E-state index contributed by atoms with van der Waals surface area (Å²) in [5.41, 5.74) is 8.25. The quantitative estimate of drug-likeness (QED) is 0.854. The molecule has 18 heavy (non-hydrogen) atoms. The number of rotatable bonds is 4. The first-order valence-corrected chi connectivity index (χ1v) is 5.99. The standard InChI is InChI=1S/C13H18N4O/c1-9(18)5-13-4-3-11(6-15-13)10(2)17-8-12(14)7-16-17/h3-4,6-10,18H,5,14H2,1-2H3. The summed E-state index contributed by atoms with van der Waals surface area (Å²) < 4.78 is 1.81. The number of pyridine rings is 1. The summed E-state index contributed by atoms with van der Waals surface area (Å²) in [6.45, 7) is 3.79. The molecule has 0 aromatic carbocycles. The van der Waals surface area contributed by atoms with Crippen LogP contribution in [0.4, 0.5) is 5.69 Å². The van der Waals surface area contributed by atoms with E-state index in [2.05, 4.69) is 10.1 Å². The second-order valence-electron chi connectivity index (χ2n) is 4.57. The van der Waals surface area contributed by atoms with Gasteiger partial charge in [-0.05, 0) is 25.5 Å². The maximum absolute atomic E-state index is 9.30. The lowest BCUT2D eigenvalue weighted by molar-refractivity contribution is 0.194. The van der Waals surface area contributed by atoms with Crippen LogP contribution in [0.1, 0.15) is 31.1 Å². The van der Waals surface area contributed by atoms with Gasteiger partial charge in [-0.1, -0.05) is 6.07 Å². The predicted octanol–water partition coefficient (Wildman–Crippen LogP) is 1.39. The number of hydrogen-bond acceptors (Lipinski definition) is 4. The summed E-state index contributed by atoms with van der Waals surface area (Å²) in [6, 6.07) is 4.04. The van der Waals surface area contributed by atoms with Crippen molar-refractivity contribution in [1.82, 2.24) is 14.8 Å². The topological polar surface area (TPSA) is 77.0 Å². The van der Waals surface area contributed by atoms with Gasteiger partial charge < -0.3 is 10.8 Å². The van der Waals surface area contributed by atoms with Gasteiger partial charge in [0.05, 0.1) is 24.0 Å². The maximum atomic E-state index is 9.30. The van der Waals surface area contributed by atoms with Crippen molar-refractivity contribution in [3.8, 4) is 0 Å². The van der Waals surface area contributed by atoms with Crippen LogP contribution in [0.5, 0.6) is 0 Å². The van der Waals surface area contributed by atoms with Gasteiger partial charge in [-0.15, -0.1) is 0 Å². The summed E-state index contributed by atoms with van der Waals surface area (Å²) in [5.74, 6) is 0. The molecule has 96 valence electrons. The van der Waals surface area contributed by atoms with E-state index >= 15 is 0 Å². The first kappa shape index (κ1) is 12.6. The fraction of sp³-hybridized carbons (Fsp3) is 0.385. The van der Waals surface area contributed by atoms with Gasteiger partial charge in [0.1, 0.15) is 0 Å². The Balaban J connectivity index is 2.14. The summed E-state index contributed by atoms with van der Waals surface area (Å²) in [6.07, 6.45) is 5.45. The van der Waals surface area contributed by atoms with Gasteiger partial charge >= 0.3 is 0 Å². The second-order valence-corrected chi connectivity index (χ2v) is 4.57. The van der Waals surface area contributed by atoms with E-state index in [1.54, 1.807) is 24.0 Å². The summed E-state index contributed by atoms with van der Waals surface area (Å²) in [7, 11) is 0. The molecule has 2 rings (SSSR count). The summed E-state index contributed by atoms with van der Waals surface area (Å²) >= 11 is 0. The van der Waals surface area contributed by atoms with Gasteiger partial charge in [0.2, 0.25) is 0 Å². The Bertz CT molecular complexity index is 504. The maximum Gasteiger partial charge on any atom is 0.0756 e. The third-order valence-electron chi connectivity index (χ3n) is 2.85. The molecule has 2 atom stereocenters. The molecule has 0 fully saturated rings. The Morgan fingerprint density at radius 1 is 1.33 bits per heavy atom. The van der Waals surface area contributed by atoms with Gasteiger partial charge in [0, 0.05) is 24.5 Å². The SMILES string of the molecule is CC(O)Cc1ccc(C(C)n2cc(N)cn2)cn1. The monoisotopic (exact) mass is 246 g/mol. The predicted molar refractivity (Wildman–Crippen MR) is 70.1 cm³/mol. The Labute approximate surface area is 106 Å². The van der Waals surface area contributed by atoms with Gasteiger partial charge in [0.25, 0.3) is 0 Å². The van der Waals surface area contributed by atoms with Crippen LogP contribution in [0.2, 0.25) is 0 Å². The van der Waals surface area contributed by atoms with E-state index in [1.807, 2.05) is 25.3 Å². The lowest BCUT2D eigenvalue weighted by atomic mass is 10.1. The summed E-state index contributed by atoms with van der Waals surface area (Å²) in [4.78, 5) is 4.34. The van der Waals surface area contributed by atoms with Crippen molar-refractivity contribution >= 4 is 5.69 Å². The minimum absolute atomic E-state index is 0.0930. The minimum atomic E-state index is -0.369. The molecule has 0 amide bonds. The number of hydrogen-bond donors (Lipinski definition) is 2. The third kappa shape index (κ3) is 2.87. The molecule has 0 saturated heterocycles. The number of nitrogens with two attached hydrogens (primary N) is 1. The number of nitrogens with zero attached hydrogens (tertiary/aromatic N) is 3. The van der Waals surface area contributed by atoms with Crippen LogP contribution < -0.4 is 5.73 Å². The third-order valence-corrected chi connectivity index (χ3v) is 2.85. The number of aromatic nitrogens is 3. The van der Waals surface area contributed by atoms with Crippen LogP contribution in [0.25, 0.3) is 0 Å². The Morgan fingerprint density at radius 3 is 2.61 bits per heavy atom. The smallest absolute Gasteiger partial charge is 0.0756 e. The highest BCUT2D eigenvalue weighted by molar-refractivity contribution is 5.31. The van der Waals surface area contributed by atoms with Crippen molar-refractivity contribution in [2.75, 3.05) is 5.73 Å². The van der Waals surface area contributed by atoms with Crippen LogP contribution in [-0.2, 0) is 6.42 Å². The zero-order valence-electron chi connectivity index (χ0n) is 10.6. The molecule has 0 radical (unpaired) electrons. The molecule has 2 aromatic rings. The average Bonchev–Trinajstić information content (AvgIpc) is 2.75. The van der Waals surface area contributed by atoms with E-state index in [1.165, 1.54) is 0 Å². The minimum Gasteiger partial charge on any atom is -0.396 e. The van der Waals surface area contributed by atoms with Crippen LogP contribution in [0.3, 0.4) is 0 Å². The van der Waals surface area contributed by atoms with E-state index in [-0.39, 0.29) is 12.1 Å². The lowest BCUT2D eigenvalue weighted by Gasteiger charge is -2.12. The molecule has 0 spiro atoms. The number of aliphatic hydroxyl groups is 1. The van der Waals surface area contributed by atoms with Gasteiger partial charge in [-0.25, -0.2) is 0 Å². The highest BCUT2D eigenvalue weighted by Gasteiger charge is 2.09. The molecular formula is C13H18N4O. The van der Waals surface area contributed by atoms with Gasteiger partial charge in [0.15, 0.2) is 0 Å². The van der Waals surface area contributed by atoms with Crippen LogP contribution in [-0.4, -0.2) is 26.0 Å². The zero-order valence-corrected chi connectivity index (χ0v) is 10.6. The van der Waals surface area contributed by atoms with E-state index < -0.39 is 0 Å². The number of aliphatic hydroxyl groups excluding tert-OH is 1.